The van der Waals surface area contributed by atoms with Crippen molar-refractivity contribution < 1.29 is 22.6 Å². The van der Waals surface area contributed by atoms with Gasteiger partial charge >= 0.3 is 6.18 Å². The van der Waals surface area contributed by atoms with Gasteiger partial charge in [-0.2, -0.15) is 13.2 Å². The van der Waals surface area contributed by atoms with Gasteiger partial charge in [-0.15, -0.1) is 0 Å². The van der Waals surface area contributed by atoms with Gasteiger partial charge in [0.1, 0.15) is 12.0 Å². The van der Waals surface area contributed by atoms with Crippen LogP contribution in [0.2, 0.25) is 0 Å². The highest BCUT2D eigenvalue weighted by atomic mass is 19.4. The molecule has 1 fully saturated rings. The Morgan fingerprint density at radius 2 is 2.16 bits per heavy atom. The van der Waals surface area contributed by atoms with E-state index in [1.165, 1.54) is 6.20 Å². The number of methoxy groups -OCH3 is 1. The first-order valence-corrected chi connectivity index (χ1v) is 5.79. The van der Waals surface area contributed by atoms with Crippen LogP contribution in [-0.4, -0.2) is 36.0 Å². The fourth-order valence-corrected chi connectivity index (χ4v) is 1.76. The standard InChI is InChI=1S/C11H14F3N3O2/c1-18-7-2-3-10(19-6-7)17-9-5-15-4-8(16-9)11(12,13)14/h4-5,7,10H,2-3,6H2,1H3,(H,16,17). The summed E-state index contributed by atoms with van der Waals surface area (Å²) in [5.74, 6) is 0.0516. The normalized spacial score (nSPS) is 24.2. The van der Waals surface area contributed by atoms with E-state index >= 15 is 0 Å². The Kier molecular flexibility index (Phi) is 4.20. The Morgan fingerprint density at radius 3 is 2.74 bits per heavy atom. The molecular formula is C11H14F3N3O2. The maximum Gasteiger partial charge on any atom is 0.434 e. The number of hydrogen-bond donors (Lipinski definition) is 1. The highest BCUT2D eigenvalue weighted by Gasteiger charge is 2.33. The number of hydrogen-bond acceptors (Lipinski definition) is 5. The number of halogens is 3. The van der Waals surface area contributed by atoms with Crippen LogP contribution in [0.3, 0.4) is 0 Å². The summed E-state index contributed by atoms with van der Waals surface area (Å²) in [7, 11) is 1.60. The number of rotatable bonds is 3. The topological polar surface area (TPSA) is 56.3 Å². The highest BCUT2D eigenvalue weighted by Crippen LogP contribution is 2.27. The van der Waals surface area contributed by atoms with Crippen LogP contribution in [0.25, 0.3) is 0 Å². The van der Waals surface area contributed by atoms with Crippen molar-refractivity contribution >= 4 is 5.82 Å². The van der Waals surface area contributed by atoms with Gasteiger partial charge < -0.3 is 14.8 Å². The molecule has 0 bridgehead atoms. The van der Waals surface area contributed by atoms with Gasteiger partial charge in [-0.05, 0) is 12.8 Å². The zero-order chi connectivity index (χ0) is 13.9. The first-order chi connectivity index (χ1) is 8.99. The number of alkyl halides is 3. The average Bonchev–Trinajstić information content (AvgIpc) is 2.39. The van der Waals surface area contributed by atoms with Crippen LogP contribution in [0.1, 0.15) is 18.5 Å². The van der Waals surface area contributed by atoms with E-state index in [0.29, 0.717) is 19.2 Å². The van der Waals surface area contributed by atoms with E-state index in [-0.39, 0.29) is 18.1 Å². The SMILES string of the molecule is COC1CCC(Nc2cncc(C(F)(F)F)n2)OC1. The molecule has 19 heavy (non-hydrogen) atoms. The molecule has 0 spiro atoms. The minimum absolute atomic E-state index is 0.0330. The first kappa shape index (κ1) is 14.0. The Bertz CT molecular complexity index is 420. The minimum atomic E-state index is -4.50. The summed E-state index contributed by atoms with van der Waals surface area (Å²) in [5, 5.41) is 2.79. The predicted octanol–water partition coefficient (Wildman–Crippen LogP) is 2.06. The summed E-state index contributed by atoms with van der Waals surface area (Å²) in [4.78, 5) is 6.99. The molecule has 1 saturated heterocycles. The molecule has 1 N–H and O–H groups in total. The zero-order valence-corrected chi connectivity index (χ0v) is 10.3. The number of nitrogens with one attached hydrogen (secondary N) is 1. The summed E-state index contributed by atoms with van der Waals surface area (Å²) in [6.07, 6.45) is -1.50. The molecule has 0 radical (unpaired) electrons. The lowest BCUT2D eigenvalue weighted by Gasteiger charge is -2.28. The molecule has 2 unspecified atom stereocenters. The van der Waals surface area contributed by atoms with Crippen molar-refractivity contribution in [2.45, 2.75) is 31.3 Å². The highest BCUT2D eigenvalue weighted by molar-refractivity contribution is 5.33. The number of nitrogens with zero attached hydrogens (tertiary/aromatic N) is 2. The molecule has 1 aliphatic rings. The first-order valence-electron chi connectivity index (χ1n) is 5.79. The van der Waals surface area contributed by atoms with Gasteiger partial charge in [-0.1, -0.05) is 0 Å². The Hall–Kier alpha value is -1.41. The summed E-state index contributed by atoms with van der Waals surface area (Å²) >= 11 is 0. The molecule has 2 rings (SSSR count). The van der Waals surface area contributed by atoms with Crippen molar-refractivity contribution in [2.24, 2.45) is 0 Å². The fourth-order valence-electron chi connectivity index (χ4n) is 1.76. The van der Waals surface area contributed by atoms with Gasteiger partial charge in [0, 0.05) is 7.11 Å². The molecule has 1 aromatic heterocycles. The second-order valence-electron chi connectivity index (χ2n) is 4.19. The smallest absolute Gasteiger partial charge is 0.379 e. The Labute approximate surface area is 108 Å². The van der Waals surface area contributed by atoms with E-state index in [1.54, 1.807) is 7.11 Å². The van der Waals surface area contributed by atoms with Crippen molar-refractivity contribution in [1.82, 2.24) is 9.97 Å². The molecule has 0 aliphatic carbocycles. The minimum Gasteiger partial charge on any atom is -0.379 e. The number of ether oxygens (including phenoxy) is 2. The van der Waals surface area contributed by atoms with Crippen molar-refractivity contribution in [3.8, 4) is 0 Å². The molecule has 5 nitrogen and oxygen atoms in total. The van der Waals surface area contributed by atoms with Gasteiger partial charge in [-0.3, -0.25) is 4.98 Å². The van der Waals surface area contributed by atoms with E-state index < -0.39 is 11.9 Å². The molecule has 0 aromatic carbocycles. The number of aromatic nitrogens is 2. The predicted molar refractivity (Wildman–Crippen MR) is 60.4 cm³/mol. The van der Waals surface area contributed by atoms with E-state index in [4.69, 9.17) is 9.47 Å². The van der Waals surface area contributed by atoms with Gasteiger partial charge in [0.05, 0.1) is 25.1 Å². The van der Waals surface area contributed by atoms with Crippen LogP contribution >= 0.6 is 0 Å². The maximum absolute atomic E-state index is 12.5. The summed E-state index contributed by atoms with van der Waals surface area (Å²) < 4.78 is 47.9. The molecule has 0 amide bonds. The van der Waals surface area contributed by atoms with Gasteiger partial charge in [0.25, 0.3) is 0 Å². The second kappa shape index (κ2) is 5.70. The summed E-state index contributed by atoms with van der Waals surface area (Å²) in [5.41, 5.74) is -1.02. The molecule has 8 heteroatoms. The van der Waals surface area contributed by atoms with Crippen molar-refractivity contribution in [1.29, 1.82) is 0 Å². The molecule has 2 atom stereocenters. The summed E-state index contributed by atoms with van der Waals surface area (Å²) in [6.45, 7) is 0.403. The van der Waals surface area contributed by atoms with E-state index in [2.05, 4.69) is 15.3 Å². The number of anilines is 1. The Balaban J connectivity index is 1.97. The van der Waals surface area contributed by atoms with E-state index in [9.17, 15) is 13.2 Å². The monoisotopic (exact) mass is 277 g/mol. The zero-order valence-electron chi connectivity index (χ0n) is 10.3. The average molecular weight is 277 g/mol. The second-order valence-corrected chi connectivity index (χ2v) is 4.19. The lowest BCUT2D eigenvalue weighted by atomic mass is 10.1. The van der Waals surface area contributed by atoms with Crippen LogP contribution in [0.15, 0.2) is 12.4 Å². The third-order valence-electron chi connectivity index (χ3n) is 2.80. The van der Waals surface area contributed by atoms with Crippen LogP contribution in [0, 0.1) is 0 Å². The van der Waals surface area contributed by atoms with Crippen LogP contribution < -0.4 is 5.32 Å². The van der Waals surface area contributed by atoms with Crippen LogP contribution in [-0.2, 0) is 15.7 Å². The fraction of sp³-hybridized carbons (Fsp3) is 0.636. The van der Waals surface area contributed by atoms with Gasteiger partial charge in [0.15, 0.2) is 5.69 Å². The van der Waals surface area contributed by atoms with Gasteiger partial charge in [0.2, 0.25) is 0 Å². The Morgan fingerprint density at radius 1 is 1.37 bits per heavy atom. The van der Waals surface area contributed by atoms with Crippen molar-refractivity contribution in [3.05, 3.63) is 18.1 Å². The molecule has 106 valence electrons. The molecular weight excluding hydrogens is 263 g/mol. The van der Waals surface area contributed by atoms with Crippen molar-refractivity contribution in [3.63, 3.8) is 0 Å². The third kappa shape index (κ3) is 3.77. The molecule has 1 aromatic rings. The van der Waals surface area contributed by atoms with E-state index in [1.807, 2.05) is 0 Å². The molecule has 1 aliphatic heterocycles. The molecule has 0 saturated carbocycles. The lowest BCUT2D eigenvalue weighted by molar-refractivity contribution is -0.141. The van der Waals surface area contributed by atoms with E-state index in [0.717, 1.165) is 6.42 Å². The van der Waals surface area contributed by atoms with Crippen molar-refractivity contribution in [2.75, 3.05) is 19.0 Å². The van der Waals surface area contributed by atoms with Crippen LogP contribution in [0.4, 0.5) is 19.0 Å². The largest absolute Gasteiger partial charge is 0.434 e. The summed E-state index contributed by atoms with van der Waals surface area (Å²) in [6, 6.07) is 0. The lowest BCUT2D eigenvalue weighted by Crippen LogP contribution is -2.35. The van der Waals surface area contributed by atoms with Gasteiger partial charge in [-0.25, -0.2) is 4.98 Å². The molecule has 2 heterocycles. The maximum atomic E-state index is 12.5. The third-order valence-corrected chi connectivity index (χ3v) is 2.80. The van der Waals surface area contributed by atoms with Crippen LogP contribution in [0.5, 0.6) is 0 Å². The quantitative estimate of drug-likeness (QED) is 0.916.